The molecule has 0 bridgehead atoms. The molecule has 1 atom stereocenters. The number of nitrogens with one attached hydrogen (secondary N) is 1. The van der Waals surface area contributed by atoms with Crippen molar-refractivity contribution in [3.05, 3.63) is 53.6 Å². The Morgan fingerprint density at radius 3 is 2.67 bits per heavy atom. The molecule has 15 heteroatoms. The molecule has 2 saturated heterocycles. The van der Waals surface area contributed by atoms with E-state index in [0.29, 0.717) is 30.7 Å². The van der Waals surface area contributed by atoms with E-state index in [-0.39, 0.29) is 53.9 Å². The van der Waals surface area contributed by atoms with E-state index in [9.17, 15) is 18.5 Å². The number of rotatable bonds is 10. The molecule has 1 aromatic heterocycles. The molecule has 3 fully saturated rings. The minimum Gasteiger partial charge on any atom is -0.453 e. The van der Waals surface area contributed by atoms with Gasteiger partial charge in [0, 0.05) is 56.9 Å². The minimum absolute atomic E-state index is 0.0358. The van der Waals surface area contributed by atoms with E-state index in [0.717, 1.165) is 48.2 Å². The first-order chi connectivity index (χ1) is 23.2. The number of likely N-dealkylation sites (N-methyl/N-ethyl adjacent to an activating group) is 1. The molecule has 13 nitrogen and oxygen atoms in total. The first kappa shape index (κ1) is 34.8. The summed E-state index contributed by atoms with van der Waals surface area (Å²) in [5.41, 5.74) is 1.02. The van der Waals surface area contributed by atoms with Crippen molar-refractivity contribution in [3.63, 3.8) is 0 Å². The Bertz CT molecular complexity index is 1860. The number of likely N-dealkylation sites (tertiary alicyclic amines) is 1. The van der Waals surface area contributed by atoms with E-state index in [1.165, 1.54) is 13.1 Å². The Hall–Kier alpha value is -4.10. The van der Waals surface area contributed by atoms with Crippen molar-refractivity contribution < 1.29 is 36.6 Å². The molecule has 1 saturated carbocycles. The van der Waals surface area contributed by atoms with E-state index < -0.39 is 27.4 Å². The zero-order valence-corrected chi connectivity index (χ0v) is 28.9. The Morgan fingerprint density at radius 1 is 1.20 bits per heavy atom. The Kier molecular flexibility index (Phi) is 9.69. The summed E-state index contributed by atoms with van der Waals surface area (Å²) in [5, 5.41) is 9.96. The second-order valence-corrected chi connectivity index (χ2v) is 15.8. The number of anilines is 1. The van der Waals surface area contributed by atoms with Crippen molar-refractivity contribution in [1.29, 1.82) is 5.26 Å². The first-order valence-corrected chi connectivity index (χ1v) is 17.8. The molecule has 49 heavy (non-hydrogen) atoms. The van der Waals surface area contributed by atoms with E-state index in [1.807, 2.05) is 26.8 Å². The number of amides is 1. The van der Waals surface area contributed by atoms with Crippen LogP contribution in [0.5, 0.6) is 11.5 Å². The second-order valence-electron chi connectivity index (χ2n) is 14.0. The van der Waals surface area contributed by atoms with Crippen LogP contribution in [0.1, 0.15) is 70.1 Å². The molecular formula is C34H41FN6O7S. The summed E-state index contributed by atoms with van der Waals surface area (Å²) in [7, 11) is -2.75. The number of carbonyl (C=O) groups excluding carboxylic acids is 1. The van der Waals surface area contributed by atoms with Crippen LogP contribution in [0, 0.1) is 22.6 Å². The van der Waals surface area contributed by atoms with E-state index in [4.69, 9.17) is 23.9 Å². The van der Waals surface area contributed by atoms with Gasteiger partial charge in [-0.05, 0) is 77.1 Å². The average Bonchev–Trinajstić information content (AvgIpc) is 3.00. The Labute approximate surface area is 285 Å². The van der Waals surface area contributed by atoms with Gasteiger partial charge in [0.05, 0.1) is 29.0 Å². The van der Waals surface area contributed by atoms with Gasteiger partial charge in [0.25, 0.3) is 0 Å². The summed E-state index contributed by atoms with van der Waals surface area (Å²) in [6.07, 6.45) is 5.56. The number of nitrogens with zero attached hydrogens (tertiary/aromatic N) is 5. The van der Waals surface area contributed by atoms with Gasteiger partial charge in [-0.2, -0.15) is 18.0 Å². The second kappa shape index (κ2) is 13.7. The summed E-state index contributed by atoms with van der Waals surface area (Å²) in [6.45, 7) is 7.62. The number of hydrogen-bond donors (Lipinski definition) is 1. The summed E-state index contributed by atoms with van der Waals surface area (Å²) < 4.78 is 67.1. The lowest BCUT2D eigenvalue weighted by Crippen LogP contribution is -2.63. The number of aromatic nitrogens is 2. The zero-order valence-electron chi connectivity index (χ0n) is 28.1. The molecule has 3 aromatic rings. The van der Waals surface area contributed by atoms with Gasteiger partial charge >= 0.3 is 16.3 Å². The normalized spacial score (nSPS) is 19.3. The van der Waals surface area contributed by atoms with Crippen LogP contribution >= 0.6 is 0 Å². The van der Waals surface area contributed by atoms with Crippen LogP contribution in [0.25, 0.3) is 11.0 Å². The van der Waals surface area contributed by atoms with Gasteiger partial charge < -0.3 is 23.8 Å². The molecule has 1 unspecified atom stereocenters. The van der Waals surface area contributed by atoms with Gasteiger partial charge in [-0.15, -0.1) is 0 Å². The van der Waals surface area contributed by atoms with Crippen LogP contribution in [0.3, 0.4) is 0 Å². The maximum Gasteiger partial charge on any atom is 0.410 e. The maximum atomic E-state index is 15.1. The summed E-state index contributed by atoms with van der Waals surface area (Å²) in [5.74, 6) is -0.882. The molecule has 1 amide bonds. The van der Waals surface area contributed by atoms with E-state index in [2.05, 4.69) is 9.71 Å². The summed E-state index contributed by atoms with van der Waals surface area (Å²) in [6, 6.07) is 8.96. The third-order valence-electron chi connectivity index (χ3n) is 8.95. The lowest BCUT2D eigenvalue weighted by molar-refractivity contribution is -0.162. The summed E-state index contributed by atoms with van der Waals surface area (Å²) in [4.78, 5) is 23.5. The maximum absolute atomic E-state index is 15.1. The predicted molar refractivity (Wildman–Crippen MR) is 178 cm³/mol. The molecule has 1 N–H and O–H groups in total. The van der Waals surface area contributed by atoms with Gasteiger partial charge in [0.15, 0.2) is 17.9 Å². The quantitative estimate of drug-likeness (QED) is 0.280. The van der Waals surface area contributed by atoms with Crippen molar-refractivity contribution in [2.24, 2.45) is 5.41 Å². The van der Waals surface area contributed by atoms with Crippen molar-refractivity contribution in [1.82, 2.24) is 19.2 Å². The summed E-state index contributed by atoms with van der Waals surface area (Å²) >= 11 is 0. The van der Waals surface area contributed by atoms with Gasteiger partial charge in [-0.3, -0.25) is 9.71 Å². The SMILES string of the molecule is CN(CCOC1CCCCO1)S(=O)(=O)Nc1ccc(F)c(Oc2ccc3ncc(C4CC5(C4)CN(C(=O)OC(C)(C)C)C5)nc3c2)c1C#N. The van der Waals surface area contributed by atoms with Crippen LogP contribution in [-0.2, 0) is 24.4 Å². The van der Waals surface area contributed by atoms with Crippen molar-refractivity contribution >= 4 is 33.0 Å². The molecule has 3 aliphatic rings. The standard InChI is InChI=1S/C34H41FN6O7S/c1-33(2,3)48-32(42)41-20-34(21-41)16-22(17-34)29-19-37-27-10-8-23(15-28(27)38-29)47-31-24(18-36)26(11-9-25(31)35)39-49(43,44)40(4)12-14-46-30-7-5-6-13-45-30/h8-11,15,19,22,30,39H,5-7,12-14,16-17,20-21H2,1-4H3. The van der Waals surface area contributed by atoms with Gasteiger partial charge in [0.1, 0.15) is 23.0 Å². The highest BCUT2D eigenvalue weighted by Crippen LogP contribution is 2.56. The van der Waals surface area contributed by atoms with Gasteiger partial charge in [0.2, 0.25) is 0 Å². The highest BCUT2D eigenvalue weighted by molar-refractivity contribution is 7.90. The van der Waals surface area contributed by atoms with E-state index >= 15 is 4.39 Å². The number of halogens is 1. The zero-order chi connectivity index (χ0) is 35.0. The molecule has 262 valence electrons. The van der Waals surface area contributed by atoms with Crippen LogP contribution < -0.4 is 9.46 Å². The van der Waals surface area contributed by atoms with Crippen molar-refractivity contribution in [2.75, 3.05) is 44.6 Å². The van der Waals surface area contributed by atoms with Gasteiger partial charge in [-0.1, -0.05) is 0 Å². The molecular weight excluding hydrogens is 655 g/mol. The van der Waals surface area contributed by atoms with Crippen molar-refractivity contribution in [3.8, 4) is 17.6 Å². The number of nitriles is 1. The molecule has 2 aromatic carbocycles. The number of hydrogen-bond acceptors (Lipinski definition) is 10. The molecule has 0 radical (unpaired) electrons. The molecule has 6 rings (SSSR count). The fourth-order valence-corrected chi connectivity index (χ4v) is 7.32. The van der Waals surface area contributed by atoms with E-state index in [1.54, 1.807) is 29.3 Å². The number of benzene rings is 2. The molecule has 3 heterocycles. The third-order valence-corrected chi connectivity index (χ3v) is 10.4. The monoisotopic (exact) mass is 696 g/mol. The molecule has 1 aliphatic carbocycles. The fourth-order valence-electron chi connectivity index (χ4n) is 6.40. The highest BCUT2D eigenvalue weighted by atomic mass is 32.2. The number of fused-ring (bicyclic) bond motifs is 1. The molecule has 1 spiro atoms. The third kappa shape index (κ3) is 7.88. The topological polar surface area (TPSA) is 156 Å². The highest BCUT2D eigenvalue weighted by Gasteiger charge is 2.55. The Morgan fingerprint density at radius 2 is 1.98 bits per heavy atom. The smallest absolute Gasteiger partial charge is 0.410 e. The van der Waals surface area contributed by atoms with Crippen LogP contribution in [0.2, 0.25) is 0 Å². The molecule has 2 aliphatic heterocycles. The fraction of sp³-hybridized carbons (Fsp3) is 0.529. The van der Waals surface area contributed by atoms with Crippen LogP contribution in [0.15, 0.2) is 36.5 Å². The van der Waals surface area contributed by atoms with Gasteiger partial charge in [-0.25, -0.2) is 14.2 Å². The van der Waals surface area contributed by atoms with Crippen LogP contribution in [-0.4, -0.2) is 85.5 Å². The lowest BCUT2D eigenvalue weighted by Gasteiger charge is -2.58. The van der Waals surface area contributed by atoms with Crippen molar-refractivity contribution in [2.45, 2.75) is 70.7 Å². The Balaban J connectivity index is 1.11. The average molecular weight is 697 g/mol. The predicted octanol–water partition coefficient (Wildman–Crippen LogP) is 5.68. The number of ether oxygens (including phenoxy) is 4. The minimum atomic E-state index is -4.12. The van der Waals surface area contributed by atoms with Crippen LogP contribution in [0.4, 0.5) is 14.9 Å². The first-order valence-electron chi connectivity index (χ1n) is 16.4. The lowest BCUT2D eigenvalue weighted by atomic mass is 9.57. The largest absolute Gasteiger partial charge is 0.453 e. The number of carbonyl (C=O) groups is 1.